The maximum atomic E-state index is 15.8. The average Bonchev–Trinajstić information content (AvgIpc) is 3.72. The van der Waals surface area contributed by atoms with Crippen molar-refractivity contribution >= 4 is 65.6 Å². The first-order valence-electron chi connectivity index (χ1n) is 12.8. The highest BCUT2D eigenvalue weighted by Crippen LogP contribution is 2.54. The first kappa shape index (κ1) is 30.1. The van der Waals surface area contributed by atoms with Crippen LogP contribution in [0.3, 0.4) is 0 Å². The van der Waals surface area contributed by atoms with E-state index in [9.17, 15) is 14.6 Å². The number of aromatic nitrogens is 8. The summed E-state index contributed by atoms with van der Waals surface area (Å²) in [5.74, 6) is 0.0897. The van der Waals surface area contributed by atoms with E-state index in [2.05, 4.69) is 30.4 Å². The number of ether oxygens (including phenoxy) is 2. The number of hydrogen-bond donors (Lipinski definition) is 5. The van der Waals surface area contributed by atoms with E-state index in [1.807, 2.05) is 0 Å². The fourth-order valence-corrected chi connectivity index (χ4v) is 8.10. The molecule has 0 radical (unpaired) electrons. The van der Waals surface area contributed by atoms with Gasteiger partial charge < -0.3 is 44.3 Å². The lowest BCUT2D eigenvalue weighted by molar-refractivity contribution is -0.0605. The summed E-state index contributed by atoms with van der Waals surface area (Å²) in [5, 5.41) is 11.9. The van der Waals surface area contributed by atoms with E-state index in [0.29, 0.717) is 17.0 Å². The Labute approximate surface area is 255 Å². The van der Waals surface area contributed by atoms with E-state index in [0.717, 1.165) is 4.68 Å². The summed E-state index contributed by atoms with van der Waals surface area (Å²) in [6.07, 6.45) is -5.92. The molecule has 4 aromatic heterocycles. The number of H-pyrrole nitrogens is 1. The van der Waals surface area contributed by atoms with Gasteiger partial charge in [-0.3, -0.25) is 14.3 Å². The second-order valence-electron chi connectivity index (χ2n) is 10.0. The third-order valence-electron chi connectivity index (χ3n) is 7.19. The summed E-state index contributed by atoms with van der Waals surface area (Å²) >= 11 is 10.5. The van der Waals surface area contributed by atoms with Gasteiger partial charge in [0, 0.05) is 18.2 Å². The molecule has 0 aliphatic carbocycles. The smallest absolute Gasteiger partial charge is 0.325 e. The van der Waals surface area contributed by atoms with E-state index >= 15 is 4.39 Å². The van der Waals surface area contributed by atoms with Gasteiger partial charge in [-0.15, -0.1) is 5.10 Å². The number of nitrogens with zero attached hydrogens (tertiary/aromatic N) is 7. The first-order valence-corrected chi connectivity index (χ1v) is 18.0. The molecule has 2 bridgehead atoms. The van der Waals surface area contributed by atoms with Crippen LogP contribution in [0.1, 0.15) is 24.3 Å². The monoisotopic (exact) mass is 692 g/mol. The number of anilines is 2. The van der Waals surface area contributed by atoms with E-state index in [1.165, 1.54) is 16.9 Å². The van der Waals surface area contributed by atoms with Crippen LogP contribution < -0.4 is 17.0 Å². The normalized spacial score (nSPS) is 36.6. The molecule has 2 unspecified atom stereocenters. The molecule has 0 amide bonds. The Morgan fingerprint density at radius 3 is 2.61 bits per heavy atom. The maximum absolute atomic E-state index is 15.8. The van der Waals surface area contributed by atoms with E-state index in [4.69, 9.17) is 62.6 Å². The Hall–Kier alpha value is -2.59. The molecular weight excluding hydrogens is 669 g/mol. The van der Waals surface area contributed by atoms with Gasteiger partial charge in [-0.2, -0.15) is 19.3 Å². The zero-order chi connectivity index (χ0) is 31.0. The topological polar surface area (TPSA) is 255 Å². The van der Waals surface area contributed by atoms with Crippen LogP contribution in [-0.4, -0.2) is 93.1 Å². The van der Waals surface area contributed by atoms with Crippen LogP contribution >= 0.6 is 13.4 Å². The number of aromatic amines is 1. The second-order valence-corrected chi connectivity index (χ2v) is 15.6. The lowest BCUT2D eigenvalue weighted by Gasteiger charge is -2.27. The van der Waals surface area contributed by atoms with Crippen molar-refractivity contribution in [3.63, 3.8) is 0 Å². The van der Waals surface area contributed by atoms with Crippen molar-refractivity contribution in [3.8, 4) is 0 Å². The van der Waals surface area contributed by atoms with Crippen LogP contribution in [0, 0.1) is 0 Å². The molecule has 0 saturated carbocycles. The number of halogens is 1. The zero-order valence-electron chi connectivity index (χ0n) is 22.0. The molecule has 7 N–H and O–H groups in total. The number of nitrogen functional groups attached to an aromatic ring is 2. The highest BCUT2D eigenvalue weighted by molar-refractivity contribution is 8.07. The minimum absolute atomic E-state index is 0.147. The van der Waals surface area contributed by atoms with Gasteiger partial charge in [0.05, 0.1) is 31.6 Å². The highest BCUT2D eigenvalue weighted by Gasteiger charge is 2.52. The van der Waals surface area contributed by atoms with Crippen LogP contribution in [-0.2, 0) is 51.2 Å². The molecule has 0 aromatic carbocycles. The Kier molecular flexibility index (Phi) is 7.55. The summed E-state index contributed by atoms with van der Waals surface area (Å²) < 4.78 is 52.7. The van der Waals surface area contributed by atoms with Gasteiger partial charge in [0.25, 0.3) is 5.56 Å². The van der Waals surface area contributed by atoms with Gasteiger partial charge in [-0.05, 0) is 29.7 Å². The molecule has 3 aliphatic rings. The van der Waals surface area contributed by atoms with Crippen molar-refractivity contribution in [2.24, 2.45) is 0 Å². The first-order chi connectivity index (χ1) is 20.9. The number of fused-ring (bicyclic) bond motifs is 5. The summed E-state index contributed by atoms with van der Waals surface area (Å²) in [6, 6.07) is 1.58. The molecule has 9 atom stereocenters. The number of rotatable bonds is 2. The van der Waals surface area contributed by atoms with Crippen LogP contribution in [0.25, 0.3) is 16.8 Å². The average molecular weight is 693 g/mol. The lowest BCUT2D eigenvalue weighted by Crippen LogP contribution is -2.32. The Morgan fingerprint density at radius 2 is 1.82 bits per heavy atom. The summed E-state index contributed by atoms with van der Waals surface area (Å²) in [5.41, 5.74) is 11.6. The Morgan fingerprint density at radius 1 is 1.07 bits per heavy atom. The second kappa shape index (κ2) is 11.0. The van der Waals surface area contributed by atoms with E-state index in [-0.39, 0.29) is 23.5 Å². The molecule has 19 nitrogen and oxygen atoms in total. The number of alkyl halides is 1. The molecule has 0 spiro atoms. The van der Waals surface area contributed by atoms with Crippen molar-refractivity contribution < 1.29 is 41.7 Å². The van der Waals surface area contributed by atoms with Crippen LogP contribution in [0.4, 0.5) is 16.2 Å². The summed E-state index contributed by atoms with van der Waals surface area (Å²) in [7, 11) is 0. The third kappa shape index (κ3) is 5.44. The van der Waals surface area contributed by atoms with Crippen molar-refractivity contribution in [2.75, 3.05) is 24.7 Å². The molecule has 236 valence electrons. The maximum Gasteiger partial charge on any atom is 0.325 e. The van der Waals surface area contributed by atoms with Gasteiger partial charge in [-0.1, -0.05) is 5.21 Å². The lowest BCUT2D eigenvalue weighted by atomic mass is 10.1. The number of nitrogens with two attached hydrogens (primary N) is 2. The van der Waals surface area contributed by atoms with Gasteiger partial charge >= 0.3 is 13.4 Å². The highest BCUT2D eigenvalue weighted by atomic mass is 32.5. The molecule has 4 aromatic rings. The van der Waals surface area contributed by atoms with E-state index in [1.54, 1.807) is 6.07 Å². The molecule has 3 fully saturated rings. The van der Waals surface area contributed by atoms with Gasteiger partial charge in [0.15, 0.2) is 29.2 Å². The Balaban J connectivity index is 1.19. The molecule has 44 heavy (non-hydrogen) atoms. The number of nitrogens with one attached hydrogen (secondary N) is 1. The van der Waals surface area contributed by atoms with E-state index < -0.39 is 75.1 Å². The van der Waals surface area contributed by atoms with Gasteiger partial charge in [0.2, 0.25) is 5.95 Å². The summed E-state index contributed by atoms with van der Waals surface area (Å²) in [4.78, 5) is 44.8. The molecular formula is C20H23FN10O9P2S2. The minimum Gasteiger partial charge on any atom is -0.384 e. The molecule has 3 saturated heterocycles. The zero-order valence-corrected chi connectivity index (χ0v) is 25.4. The van der Waals surface area contributed by atoms with Crippen LogP contribution in [0.15, 0.2) is 23.3 Å². The minimum atomic E-state index is -4.22. The van der Waals surface area contributed by atoms with Crippen LogP contribution in [0.2, 0.25) is 0 Å². The van der Waals surface area contributed by atoms with Gasteiger partial charge in [-0.25, -0.2) is 9.37 Å². The fourth-order valence-electron chi connectivity index (χ4n) is 5.22. The SMILES string of the molecule is Nc1nc2c(nnn2[C@@H]2O[C@@H]3COP(O)(=S)O[C@H]4C[C@H](c5cnn6c(N)ccnc56)O[C@@H]4COP(O)(=S)O[C@@H]2[C@H]3F)c(=O)[nH]1. The molecule has 7 rings (SSSR count). The van der Waals surface area contributed by atoms with Crippen molar-refractivity contribution in [3.05, 3.63) is 34.4 Å². The predicted molar refractivity (Wildman–Crippen MR) is 153 cm³/mol. The molecule has 3 aliphatic heterocycles. The predicted octanol–water partition coefficient (Wildman–Crippen LogP) is -0.262. The standard InChI is InChI=1S/C20H23FN10O9P2S2/c21-13-11-6-36-41(33,43)39-9-3-8(7-4-25-30-12(22)1-2-24-16(7)30)37-10(9)5-35-42(34,44)40-15(13)19(38-11)31-17-14(28-29-31)18(32)27-20(23)26-17/h1-2,4,8-11,13,15,19H,3,5-6,22H2,(H,33,43)(H,34,44)(H3,23,26,27,32)/t8-,9+,10-,11-,13+,15-,19-,41?,42?/m1/s1. The third-order valence-corrected chi connectivity index (χ3v) is 10.3. The quantitative estimate of drug-likeness (QED) is 0.170. The van der Waals surface area contributed by atoms with Crippen molar-refractivity contribution in [1.82, 2.24) is 39.6 Å². The van der Waals surface area contributed by atoms with Crippen molar-refractivity contribution in [2.45, 2.75) is 49.3 Å². The van der Waals surface area contributed by atoms with Crippen LogP contribution in [0.5, 0.6) is 0 Å². The van der Waals surface area contributed by atoms with Gasteiger partial charge in [0.1, 0.15) is 24.1 Å². The largest absolute Gasteiger partial charge is 0.384 e. The molecule has 24 heteroatoms. The van der Waals surface area contributed by atoms with Crippen molar-refractivity contribution in [1.29, 1.82) is 0 Å². The molecule has 7 heterocycles. The number of hydrogen-bond acceptors (Lipinski definition) is 16. The Bertz CT molecular complexity index is 1910. The summed E-state index contributed by atoms with van der Waals surface area (Å²) in [6.45, 7) is -9.26. The fraction of sp³-hybridized carbons (Fsp3) is 0.500.